The molecule has 3 aromatic rings. The molecule has 8 heteroatoms. The average molecular weight is 357 g/mol. The van der Waals surface area contributed by atoms with Crippen LogP contribution in [0.4, 0.5) is 10.1 Å². The quantitative estimate of drug-likeness (QED) is 0.657. The van der Waals surface area contributed by atoms with Crippen LogP contribution in [-0.2, 0) is 11.3 Å². The lowest BCUT2D eigenvalue weighted by Crippen LogP contribution is -2.11. The summed E-state index contributed by atoms with van der Waals surface area (Å²) in [5.41, 5.74) is 6.21. The van der Waals surface area contributed by atoms with Gasteiger partial charge in [-0.3, -0.25) is 9.78 Å². The van der Waals surface area contributed by atoms with Crippen LogP contribution in [0.5, 0.6) is 0 Å². The molecule has 0 fully saturated rings. The SMILES string of the molecule is CCOC(=O)c1cnc2ccc(F)cc2c1NCc1ccc(C(N)=O)o1. The molecule has 3 N–H and O–H groups in total. The van der Waals surface area contributed by atoms with Crippen molar-refractivity contribution in [3.8, 4) is 0 Å². The number of anilines is 1. The summed E-state index contributed by atoms with van der Waals surface area (Å²) >= 11 is 0. The summed E-state index contributed by atoms with van der Waals surface area (Å²) in [6.45, 7) is 2.03. The van der Waals surface area contributed by atoms with Crippen LogP contribution in [0.25, 0.3) is 10.9 Å². The first-order valence-corrected chi connectivity index (χ1v) is 7.87. The maximum Gasteiger partial charge on any atom is 0.341 e. The minimum atomic E-state index is -0.681. The van der Waals surface area contributed by atoms with Crippen LogP contribution in [0.2, 0.25) is 0 Å². The van der Waals surface area contributed by atoms with Crippen molar-refractivity contribution < 1.29 is 23.1 Å². The average Bonchev–Trinajstić information content (AvgIpc) is 3.09. The van der Waals surface area contributed by atoms with Crippen LogP contribution in [-0.4, -0.2) is 23.5 Å². The Morgan fingerprint density at radius 3 is 2.81 bits per heavy atom. The second-order valence-electron chi connectivity index (χ2n) is 5.41. The lowest BCUT2D eigenvalue weighted by atomic mass is 10.1. The summed E-state index contributed by atoms with van der Waals surface area (Å²) in [4.78, 5) is 27.5. The fourth-order valence-electron chi connectivity index (χ4n) is 2.50. The summed E-state index contributed by atoms with van der Waals surface area (Å²) in [6, 6.07) is 7.12. The lowest BCUT2D eigenvalue weighted by Gasteiger charge is -2.13. The minimum Gasteiger partial charge on any atom is -0.462 e. The highest BCUT2D eigenvalue weighted by molar-refractivity contribution is 6.04. The van der Waals surface area contributed by atoms with Gasteiger partial charge in [-0.05, 0) is 37.3 Å². The smallest absolute Gasteiger partial charge is 0.341 e. The number of hydrogen-bond acceptors (Lipinski definition) is 6. The third kappa shape index (κ3) is 3.49. The molecule has 1 aromatic carbocycles. The molecule has 7 nitrogen and oxygen atoms in total. The number of aromatic nitrogens is 1. The number of nitrogens with two attached hydrogens (primary N) is 1. The maximum absolute atomic E-state index is 13.7. The number of primary amides is 1. The molecule has 134 valence electrons. The number of carbonyl (C=O) groups excluding carboxylic acids is 2. The molecule has 0 unspecified atom stereocenters. The van der Waals surface area contributed by atoms with Crippen LogP contribution in [0.15, 0.2) is 40.9 Å². The van der Waals surface area contributed by atoms with Crippen LogP contribution in [0.3, 0.4) is 0 Å². The van der Waals surface area contributed by atoms with Gasteiger partial charge in [0.1, 0.15) is 17.1 Å². The molecule has 0 saturated carbocycles. The van der Waals surface area contributed by atoms with E-state index in [2.05, 4.69) is 10.3 Å². The van der Waals surface area contributed by atoms with Gasteiger partial charge in [0.2, 0.25) is 0 Å². The molecule has 0 saturated heterocycles. The van der Waals surface area contributed by atoms with Gasteiger partial charge in [-0.1, -0.05) is 0 Å². The Bertz CT molecular complexity index is 984. The Labute approximate surface area is 148 Å². The molecule has 0 atom stereocenters. The fourth-order valence-corrected chi connectivity index (χ4v) is 2.50. The summed E-state index contributed by atoms with van der Waals surface area (Å²) in [7, 11) is 0. The van der Waals surface area contributed by atoms with Crippen molar-refractivity contribution in [3.63, 3.8) is 0 Å². The Morgan fingerprint density at radius 2 is 2.12 bits per heavy atom. The number of fused-ring (bicyclic) bond motifs is 1. The first-order chi connectivity index (χ1) is 12.5. The van der Waals surface area contributed by atoms with Crippen LogP contribution in [0.1, 0.15) is 33.6 Å². The number of nitrogens with one attached hydrogen (secondary N) is 1. The number of nitrogens with zero attached hydrogens (tertiary/aromatic N) is 1. The van der Waals surface area contributed by atoms with Crippen molar-refractivity contribution >= 4 is 28.5 Å². The Kier molecular flexibility index (Phi) is 4.83. The number of benzene rings is 1. The summed E-state index contributed by atoms with van der Waals surface area (Å²) in [5, 5.41) is 3.47. The fraction of sp³-hybridized carbons (Fsp3) is 0.167. The molecular formula is C18H16FN3O4. The first kappa shape index (κ1) is 17.4. The zero-order valence-corrected chi connectivity index (χ0v) is 13.9. The monoisotopic (exact) mass is 357 g/mol. The number of carbonyl (C=O) groups is 2. The zero-order chi connectivity index (χ0) is 18.7. The number of ether oxygens (including phenoxy) is 1. The van der Waals surface area contributed by atoms with Crippen molar-refractivity contribution in [2.24, 2.45) is 5.73 Å². The van der Waals surface area contributed by atoms with Crippen LogP contribution < -0.4 is 11.1 Å². The molecule has 0 radical (unpaired) electrons. The van der Waals surface area contributed by atoms with Crippen molar-refractivity contribution in [3.05, 3.63) is 59.4 Å². The second-order valence-corrected chi connectivity index (χ2v) is 5.41. The number of rotatable bonds is 6. The van der Waals surface area contributed by atoms with E-state index >= 15 is 0 Å². The largest absolute Gasteiger partial charge is 0.462 e. The van der Waals surface area contributed by atoms with E-state index in [1.165, 1.54) is 30.5 Å². The van der Waals surface area contributed by atoms with E-state index in [-0.39, 0.29) is 24.5 Å². The molecule has 1 amide bonds. The summed E-state index contributed by atoms with van der Waals surface area (Å²) in [5.74, 6) is -1.27. The molecule has 2 heterocycles. The van der Waals surface area contributed by atoms with Crippen molar-refractivity contribution in [1.29, 1.82) is 0 Å². The molecule has 0 aliphatic rings. The highest BCUT2D eigenvalue weighted by atomic mass is 19.1. The number of esters is 1. The zero-order valence-electron chi connectivity index (χ0n) is 13.9. The van der Waals surface area contributed by atoms with Crippen molar-refractivity contribution in [1.82, 2.24) is 4.98 Å². The van der Waals surface area contributed by atoms with Gasteiger partial charge in [-0.25, -0.2) is 9.18 Å². The van der Waals surface area contributed by atoms with Gasteiger partial charge in [-0.15, -0.1) is 0 Å². The number of pyridine rings is 1. The second kappa shape index (κ2) is 7.22. The number of hydrogen-bond donors (Lipinski definition) is 2. The first-order valence-electron chi connectivity index (χ1n) is 7.87. The number of halogens is 1. The van der Waals surface area contributed by atoms with Gasteiger partial charge < -0.3 is 20.2 Å². The van der Waals surface area contributed by atoms with E-state index in [1.54, 1.807) is 13.0 Å². The Hall–Kier alpha value is -3.42. The molecule has 0 spiro atoms. The Balaban J connectivity index is 1.99. The predicted octanol–water partition coefficient (Wildman–Crippen LogP) is 2.85. The molecule has 2 aromatic heterocycles. The van der Waals surface area contributed by atoms with Crippen molar-refractivity contribution in [2.45, 2.75) is 13.5 Å². The van der Waals surface area contributed by atoms with E-state index in [1.807, 2.05) is 0 Å². The highest BCUT2D eigenvalue weighted by Crippen LogP contribution is 2.28. The van der Waals surface area contributed by atoms with Gasteiger partial charge in [-0.2, -0.15) is 0 Å². The molecule has 0 bridgehead atoms. The summed E-state index contributed by atoms with van der Waals surface area (Å²) in [6.07, 6.45) is 1.37. The molecular weight excluding hydrogens is 341 g/mol. The highest BCUT2D eigenvalue weighted by Gasteiger charge is 2.18. The van der Waals surface area contributed by atoms with E-state index < -0.39 is 17.7 Å². The topological polar surface area (TPSA) is 107 Å². The number of amides is 1. The molecule has 3 rings (SSSR count). The van der Waals surface area contributed by atoms with Gasteiger partial charge in [0, 0.05) is 11.6 Å². The molecule has 26 heavy (non-hydrogen) atoms. The van der Waals surface area contributed by atoms with E-state index in [0.29, 0.717) is 22.4 Å². The van der Waals surface area contributed by atoms with E-state index in [0.717, 1.165) is 0 Å². The summed E-state index contributed by atoms with van der Waals surface area (Å²) < 4.78 is 24.1. The number of furan rings is 1. The maximum atomic E-state index is 13.7. The van der Waals surface area contributed by atoms with E-state index in [4.69, 9.17) is 14.9 Å². The predicted molar refractivity (Wildman–Crippen MR) is 92.2 cm³/mol. The minimum absolute atomic E-state index is 0.0260. The third-order valence-corrected chi connectivity index (χ3v) is 3.67. The van der Waals surface area contributed by atoms with Crippen LogP contribution in [0, 0.1) is 5.82 Å². The van der Waals surface area contributed by atoms with Crippen molar-refractivity contribution in [2.75, 3.05) is 11.9 Å². The lowest BCUT2D eigenvalue weighted by molar-refractivity contribution is 0.0527. The normalized spacial score (nSPS) is 10.7. The van der Waals surface area contributed by atoms with Gasteiger partial charge in [0.05, 0.1) is 24.4 Å². The molecule has 0 aliphatic heterocycles. The van der Waals surface area contributed by atoms with Gasteiger partial charge in [0.15, 0.2) is 5.76 Å². The van der Waals surface area contributed by atoms with E-state index in [9.17, 15) is 14.0 Å². The van der Waals surface area contributed by atoms with Gasteiger partial charge >= 0.3 is 5.97 Å². The van der Waals surface area contributed by atoms with Crippen LogP contribution >= 0.6 is 0 Å². The Morgan fingerprint density at radius 1 is 1.31 bits per heavy atom. The third-order valence-electron chi connectivity index (χ3n) is 3.67. The van der Waals surface area contributed by atoms with Gasteiger partial charge in [0.25, 0.3) is 5.91 Å². The molecule has 0 aliphatic carbocycles. The standard InChI is InChI=1S/C18H16FN3O4/c1-2-25-18(24)13-9-21-14-5-3-10(19)7-12(14)16(13)22-8-11-4-6-15(26-11)17(20)23/h3-7,9H,2,8H2,1H3,(H2,20,23)(H,21,22).